The van der Waals surface area contributed by atoms with Crippen molar-refractivity contribution >= 4 is 43.5 Å². The summed E-state index contributed by atoms with van der Waals surface area (Å²) in [4.78, 5) is 8.78. The first-order valence-electron chi connectivity index (χ1n) is 5.09. The lowest BCUT2D eigenvalue weighted by Gasteiger charge is -2.06. The molecule has 0 aliphatic heterocycles. The smallest absolute Gasteiger partial charge is 0.161 e. The van der Waals surface area contributed by atoms with Gasteiger partial charge >= 0.3 is 0 Å². The fourth-order valence-electron chi connectivity index (χ4n) is 1.45. The molecule has 17 heavy (non-hydrogen) atoms. The maximum atomic E-state index is 6.08. The molecule has 0 fully saturated rings. The van der Waals surface area contributed by atoms with Crippen LogP contribution in [0.3, 0.4) is 0 Å². The van der Waals surface area contributed by atoms with E-state index in [0.717, 1.165) is 26.6 Å². The Hall–Kier alpha value is -0.450. The molecule has 1 aromatic carbocycles. The molecule has 0 atom stereocenters. The van der Waals surface area contributed by atoms with E-state index in [0.29, 0.717) is 11.0 Å². The number of rotatable bonds is 2. The number of halogens is 3. The molecule has 0 saturated heterocycles. The van der Waals surface area contributed by atoms with Gasteiger partial charge < -0.3 is 0 Å². The van der Waals surface area contributed by atoms with E-state index in [4.69, 9.17) is 11.6 Å². The summed E-state index contributed by atoms with van der Waals surface area (Å²) in [5.74, 6) is 0.649. The second kappa shape index (κ2) is 5.46. The van der Waals surface area contributed by atoms with Gasteiger partial charge in [-0.2, -0.15) is 0 Å². The molecule has 2 aromatic rings. The first-order valence-corrected chi connectivity index (χ1v) is 7.06. The van der Waals surface area contributed by atoms with Crippen molar-refractivity contribution in [1.82, 2.24) is 9.97 Å². The summed E-state index contributed by atoms with van der Waals surface area (Å²) in [6, 6.07) is 7.85. The van der Waals surface area contributed by atoms with E-state index in [1.54, 1.807) is 0 Å². The van der Waals surface area contributed by atoms with Crippen LogP contribution in [-0.2, 0) is 6.42 Å². The van der Waals surface area contributed by atoms with Crippen LogP contribution in [-0.4, -0.2) is 9.97 Å². The Morgan fingerprint density at radius 2 is 2.00 bits per heavy atom. The summed E-state index contributed by atoms with van der Waals surface area (Å²) in [5, 5.41) is 0.451. The maximum absolute atomic E-state index is 6.08. The molecular weight excluding hydrogens is 367 g/mol. The van der Waals surface area contributed by atoms with Gasteiger partial charge in [-0.3, -0.25) is 0 Å². The van der Waals surface area contributed by atoms with Crippen LogP contribution in [0.25, 0.3) is 11.4 Å². The number of nitrogens with zero attached hydrogens (tertiary/aromatic N) is 2. The molecule has 0 unspecified atom stereocenters. The van der Waals surface area contributed by atoms with Gasteiger partial charge in [-0.05, 0) is 34.5 Å². The largest absolute Gasteiger partial charge is 0.232 e. The molecule has 0 aliphatic rings. The maximum Gasteiger partial charge on any atom is 0.161 e. The lowest BCUT2D eigenvalue weighted by atomic mass is 10.2. The Morgan fingerprint density at radius 3 is 2.65 bits per heavy atom. The van der Waals surface area contributed by atoms with Crippen molar-refractivity contribution < 1.29 is 0 Å². The van der Waals surface area contributed by atoms with Gasteiger partial charge in [-0.1, -0.05) is 46.6 Å². The van der Waals surface area contributed by atoms with E-state index < -0.39 is 0 Å². The summed E-state index contributed by atoms with van der Waals surface area (Å²) < 4.78 is 1.77. The van der Waals surface area contributed by atoms with E-state index in [2.05, 4.69) is 41.8 Å². The van der Waals surface area contributed by atoms with Gasteiger partial charge in [-0.15, -0.1) is 0 Å². The van der Waals surface area contributed by atoms with Gasteiger partial charge in [0.05, 0.1) is 10.2 Å². The first-order chi connectivity index (χ1) is 8.11. The standard InChI is InChI=1S/C12H9Br2ClN2/c1-2-9-10(14)11(15)17-12(16-9)7-4-3-5-8(13)6-7/h3-6H,2H2,1H3. The van der Waals surface area contributed by atoms with Gasteiger partial charge in [-0.25, -0.2) is 9.97 Å². The minimum absolute atomic E-state index is 0.451. The van der Waals surface area contributed by atoms with Crippen LogP contribution >= 0.6 is 43.5 Å². The molecule has 0 aliphatic carbocycles. The van der Waals surface area contributed by atoms with E-state index >= 15 is 0 Å². The molecule has 5 heteroatoms. The summed E-state index contributed by atoms with van der Waals surface area (Å²) >= 11 is 12.9. The third kappa shape index (κ3) is 2.87. The van der Waals surface area contributed by atoms with Gasteiger partial charge in [0.1, 0.15) is 5.15 Å². The molecule has 0 spiro atoms. The van der Waals surface area contributed by atoms with Crippen molar-refractivity contribution in [2.75, 3.05) is 0 Å². The minimum atomic E-state index is 0.451. The summed E-state index contributed by atoms with van der Waals surface area (Å²) in [5.41, 5.74) is 1.86. The number of hydrogen-bond acceptors (Lipinski definition) is 2. The third-order valence-electron chi connectivity index (χ3n) is 2.30. The van der Waals surface area contributed by atoms with Crippen molar-refractivity contribution in [3.8, 4) is 11.4 Å². The SMILES string of the molecule is CCc1nc(-c2cccc(Br)c2)nc(Cl)c1Br. The highest BCUT2D eigenvalue weighted by molar-refractivity contribution is 9.10. The number of aromatic nitrogens is 2. The molecule has 2 nitrogen and oxygen atoms in total. The van der Waals surface area contributed by atoms with Crippen LogP contribution in [0.1, 0.15) is 12.6 Å². The van der Waals surface area contributed by atoms with Crippen LogP contribution in [0, 0.1) is 0 Å². The molecule has 88 valence electrons. The highest BCUT2D eigenvalue weighted by Gasteiger charge is 2.10. The predicted molar refractivity (Wildman–Crippen MR) is 77.3 cm³/mol. The van der Waals surface area contributed by atoms with Crippen LogP contribution in [0.15, 0.2) is 33.2 Å². The zero-order valence-electron chi connectivity index (χ0n) is 9.04. The monoisotopic (exact) mass is 374 g/mol. The lowest BCUT2D eigenvalue weighted by Crippen LogP contribution is -1.97. The van der Waals surface area contributed by atoms with Gasteiger partial charge in [0.25, 0.3) is 0 Å². The van der Waals surface area contributed by atoms with E-state index in [9.17, 15) is 0 Å². The second-order valence-corrected chi connectivity index (χ2v) is 5.53. The van der Waals surface area contributed by atoms with Gasteiger partial charge in [0.15, 0.2) is 5.82 Å². The molecule has 1 heterocycles. The average Bonchev–Trinajstić information content (AvgIpc) is 2.32. The van der Waals surface area contributed by atoms with E-state index in [1.807, 2.05) is 31.2 Å². The lowest BCUT2D eigenvalue weighted by molar-refractivity contribution is 0.991. The normalized spacial score (nSPS) is 10.6. The van der Waals surface area contributed by atoms with E-state index in [1.165, 1.54) is 0 Å². The van der Waals surface area contributed by atoms with Gasteiger partial charge in [0, 0.05) is 10.0 Å². The fourth-order valence-corrected chi connectivity index (χ4v) is 2.50. The Labute approximate surface area is 122 Å². The van der Waals surface area contributed by atoms with Crippen LogP contribution in [0.5, 0.6) is 0 Å². The molecule has 0 amide bonds. The van der Waals surface area contributed by atoms with E-state index in [-0.39, 0.29) is 0 Å². The fraction of sp³-hybridized carbons (Fsp3) is 0.167. The highest BCUT2D eigenvalue weighted by Crippen LogP contribution is 2.28. The van der Waals surface area contributed by atoms with Crippen LogP contribution in [0.2, 0.25) is 5.15 Å². The highest BCUT2D eigenvalue weighted by atomic mass is 79.9. The molecular formula is C12H9Br2ClN2. The molecule has 0 bridgehead atoms. The quantitative estimate of drug-likeness (QED) is 0.698. The zero-order valence-corrected chi connectivity index (χ0v) is 13.0. The average molecular weight is 376 g/mol. The second-order valence-electron chi connectivity index (χ2n) is 3.46. The molecule has 0 radical (unpaired) electrons. The van der Waals surface area contributed by atoms with Crippen LogP contribution in [0.4, 0.5) is 0 Å². The molecule has 2 rings (SSSR count). The summed E-state index contributed by atoms with van der Waals surface area (Å²) in [6.07, 6.45) is 0.809. The molecule has 1 aromatic heterocycles. The van der Waals surface area contributed by atoms with Crippen molar-refractivity contribution in [3.63, 3.8) is 0 Å². The Bertz CT molecular complexity index is 558. The van der Waals surface area contributed by atoms with Gasteiger partial charge in [0.2, 0.25) is 0 Å². The number of hydrogen-bond donors (Lipinski definition) is 0. The van der Waals surface area contributed by atoms with Crippen molar-refractivity contribution in [2.24, 2.45) is 0 Å². The summed E-state index contributed by atoms with van der Waals surface area (Å²) in [6.45, 7) is 2.04. The number of benzene rings is 1. The van der Waals surface area contributed by atoms with Crippen LogP contribution < -0.4 is 0 Å². The minimum Gasteiger partial charge on any atom is -0.232 e. The zero-order chi connectivity index (χ0) is 12.4. The third-order valence-corrected chi connectivity index (χ3v) is 4.13. The first kappa shape index (κ1) is 13.0. The summed E-state index contributed by atoms with van der Waals surface area (Å²) in [7, 11) is 0. The Kier molecular flexibility index (Phi) is 4.17. The molecule has 0 N–H and O–H groups in total. The number of aryl methyl sites for hydroxylation is 1. The Morgan fingerprint density at radius 1 is 1.24 bits per heavy atom. The molecule has 0 saturated carbocycles. The predicted octanol–water partition coefficient (Wildman–Crippen LogP) is 4.88. The Balaban J connectivity index is 2.56. The topological polar surface area (TPSA) is 25.8 Å². The van der Waals surface area contributed by atoms with Crippen molar-refractivity contribution in [1.29, 1.82) is 0 Å². The van der Waals surface area contributed by atoms with Crippen molar-refractivity contribution in [2.45, 2.75) is 13.3 Å². The van der Waals surface area contributed by atoms with Crippen molar-refractivity contribution in [3.05, 3.63) is 44.1 Å².